The second-order valence-corrected chi connectivity index (χ2v) is 5.22. The van der Waals surface area contributed by atoms with Crippen molar-refractivity contribution in [2.45, 2.75) is 30.8 Å². The molecule has 17 heavy (non-hydrogen) atoms. The lowest BCUT2D eigenvalue weighted by atomic mass is 9.92. The molecule has 1 aromatic carbocycles. The second-order valence-electron chi connectivity index (χ2n) is 5.22. The molecule has 0 amide bonds. The summed E-state index contributed by atoms with van der Waals surface area (Å²) in [7, 11) is 2.00. The van der Waals surface area contributed by atoms with Crippen LogP contribution in [0.5, 0.6) is 0 Å². The van der Waals surface area contributed by atoms with E-state index >= 15 is 0 Å². The Bertz CT molecular complexity index is 410. The Labute approximate surface area is 102 Å². The predicted molar refractivity (Wildman–Crippen MR) is 66.4 cm³/mol. The third kappa shape index (κ3) is 1.78. The molecule has 2 aliphatic rings. The fourth-order valence-corrected chi connectivity index (χ4v) is 2.93. The van der Waals surface area contributed by atoms with E-state index in [1.54, 1.807) is 12.1 Å². The molecule has 1 heterocycles. The minimum absolute atomic E-state index is 0.0640. The maximum absolute atomic E-state index is 14.0. The average molecular weight is 234 g/mol. The van der Waals surface area contributed by atoms with E-state index in [4.69, 9.17) is 0 Å². The number of rotatable bonds is 4. The lowest BCUT2D eigenvalue weighted by Crippen LogP contribution is -2.50. The van der Waals surface area contributed by atoms with Crippen molar-refractivity contribution in [3.8, 4) is 0 Å². The SMILES string of the molecule is CNC1(C(c2ccccc2F)N2CCC2)CC1. The summed E-state index contributed by atoms with van der Waals surface area (Å²) in [5.41, 5.74) is 0.974. The zero-order valence-corrected chi connectivity index (χ0v) is 10.2. The first-order valence-electron chi connectivity index (χ1n) is 6.44. The summed E-state index contributed by atoms with van der Waals surface area (Å²) < 4.78 is 14.0. The van der Waals surface area contributed by atoms with Crippen molar-refractivity contribution in [2.75, 3.05) is 20.1 Å². The van der Waals surface area contributed by atoms with Crippen LogP contribution in [0.25, 0.3) is 0 Å². The van der Waals surface area contributed by atoms with Crippen LogP contribution in [0.2, 0.25) is 0 Å². The van der Waals surface area contributed by atoms with E-state index < -0.39 is 0 Å². The fraction of sp³-hybridized carbons (Fsp3) is 0.571. The third-order valence-corrected chi connectivity index (χ3v) is 4.27. The molecule has 1 N–H and O–H groups in total. The van der Waals surface area contributed by atoms with E-state index in [0.29, 0.717) is 0 Å². The first-order chi connectivity index (χ1) is 8.27. The topological polar surface area (TPSA) is 15.3 Å². The number of hydrogen-bond donors (Lipinski definition) is 1. The molecular formula is C14H19FN2. The highest BCUT2D eigenvalue weighted by atomic mass is 19.1. The molecule has 1 saturated heterocycles. The van der Waals surface area contributed by atoms with Crippen molar-refractivity contribution in [3.63, 3.8) is 0 Å². The highest BCUT2D eigenvalue weighted by Gasteiger charge is 2.52. The van der Waals surface area contributed by atoms with E-state index in [1.165, 1.54) is 6.42 Å². The lowest BCUT2D eigenvalue weighted by molar-refractivity contribution is 0.0817. The minimum Gasteiger partial charge on any atom is -0.313 e. The summed E-state index contributed by atoms with van der Waals surface area (Å²) in [6.07, 6.45) is 3.54. The zero-order valence-electron chi connectivity index (χ0n) is 10.2. The average Bonchev–Trinajstić information content (AvgIpc) is 3.05. The van der Waals surface area contributed by atoms with Gasteiger partial charge in [0, 0.05) is 24.2 Å². The predicted octanol–water partition coefficient (Wildman–Crippen LogP) is 2.32. The molecule has 1 unspecified atom stereocenters. The van der Waals surface area contributed by atoms with Crippen molar-refractivity contribution in [3.05, 3.63) is 35.6 Å². The zero-order chi connectivity index (χ0) is 11.9. The molecule has 3 heteroatoms. The van der Waals surface area contributed by atoms with Crippen LogP contribution in [0.1, 0.15) is 30.9 Å². The lowest BCUT2D eigenvalue weighted by Gasteiger charge is -2.43. The van der Waals surface area contributed by atoms with E-state index in [1.807, 2.05) is 19.2 Å². The van der Waals surface area contributed by atoms with E-state index in [-0.39, 0.29) is 17.4 Å². The Morgan fingerprint density at radius 3 is 2.47 bits per heavy atom. The molecule has 1 atom stereocenters. The van der Waals surface area contributed by atoms with Gasteiger partial charge in [-0.3, -0.25) is 4.90 Å². The first-order valence-corrected chi connectivity index (χ1v) is 6.44. The smallest absolute Gasteiger partial charge is 0.128 e. The minimum atomic E-state index is -0.0640. The van der Waals surface area contributed by atoms with Gasteiger partial charge < -0.3 is 5.32 Å². The van der Waals surface area contributed by atoms with Crippen molar-refractivity contribution in [2.24, 2.45) is 0 Å². The van der Waals surface area contributed by atoms with Gasteiger partial charge in [0.05, 0.1) is 6.04 Å². The summed E-state index contributed by atoms with van der Waals surface area (Å²) >= 11 is 0. The summed E-state index contributed by atoms with van der Waals surface area (Å²) in [4.78, 5) is 2.40. The second kappa shape index (κ2) is 4.07. The Hall–Kier alpha value is -0.930. The quantitative estimate of drug-likeness (QED) is 0.860. The molecule has 0 bridgehead atoms. The van der Waals surface area contributed by atoms with Gasteiger partial charge >= 0.3 is 0 Å². The monoisotopic (exact) mass is 234 g/mol. The molecule has 3 rings (SSSR count). The summed E-state index contributed by atoms with van der Waals surface area (Å²) in [6, 6.07) is 7.44. The van der Waals surface area contributed by atoms with E-state index in [0.717, 1.165) is 31.5 Å². The van der Waals surface area contributed by atoms with Crippen LogP contribution >= 0.6 is 0 Å². The Morgan fingerprint density at radius 2 is 2.00 bits per heavy atom. The van der Waals surface area contributed by atoms with Crippen LogP contribution in [0.15, 0.2) is 24.3 Å². The number of nitrogens with zero attached hydrogens (tertiary/aromatic N) is 1. The van der Waals surface area contributed by atoms with Crippen LogP contribution in [0, 0.1) is 5.82 Å². The first kappa shape index (κ1) is 11.2. The summed E-state index contributed by atoms with van der Waals surface area (Å²) in [5.74, 6) is -0.0640. The number of nitrogens with one attached hydrogen (secondary N) is 1. The van der Waals surface area contributed by atoms with Crippen molar-refractivity contribution in [1.29, 1.82) is 0 Å². The van der Waals surface area contributed by atoms with Gasteiger partial charge in [0.25, 0.3) is 0 Å². The van der Waals surface area contributed by atoms with Gasteiger partial charge in [-0.05, 0) is 32.4 Å². The number of likely N-dealkylation sites (N-methyl/N-ethyl adjacent to an activating group) is 1. The van der Waals surface area contributed by atoms with Gasteiger partial charge in [0.1, 0.15) is 5.82 Å². The Morgan fingerprint density at radius 1 is 1.29 bits per heavy atom. The highest BCUT2D eigenvalue weighted by molar-refractivity contribution is 5.29. The Balaban J connectivity index is 1.96. The molecule has 2 fully saturated rings. The van der Waals surface area contributed by atoms with Crippen LogP contribution in [0.4, 0.5) is 4.39 Å². The standard InChI is InChI=1S/C14H19FN2/c1-16-14(7-8-14)13(17-9-4-10-17)11-5-2-3-6-12(11)15/h2-3,5-6,13,16H,4,7-10H2,1H3. The summed E-state index contributed by atoms with van der Waals surface area (Å²) in [6.45, 7) is 2.20. The fourth-order valence-electron chi connectivity index (χ4n) is 2.93. The number of likely N-dealkylation sites (tertiary alicyclic amines) is 1. The largest absolute Gasteiger partial charge is 0.313 e. The van der Waals surface area contributed by atoms with Gasteiger partial charge in [0.15, 0.2) is 0 Å². The van der Waals surface area contributed by atoms with Crippen LogP contribution < -0.4 is 5.32 Å². The number of benzene rings is 1. The molecule has 92 valence electrons. The van der Waals surface area contributed by atoms with Crippen molar-refractivity contribution in [1.82, 2.24) is 10.2 Å². The third-order valence-electron chi connectivity index (χ3n) is 4.27. The van der Waals surface area contributed by atoms with E-state index in [2.05, 4.69) is 10.2 Å². The van der Waals surface area contributed by atoms with Gasteiger partial charge in [-0.1, -0.05) is 18.2 Å². The van der Waals surface area contributed by atoms with Crippen molar-refractivity contribution < 1.29 is 4.39 Å². The molecule has 0 radical (unpaired) electrons. The normalized spacial score (nSPS) is 24.1. The van der Waals surface area contributed by atoms with Gasteiger partial charge in [-0.2, -0.15) is 0 Å². The van der Waals surface area contributed by atoms with Crippen LogP contribution in [-0.2, 0) is 0 Å². The van der Waals surface area contributed by atoms with Gasteiger partial charge in [-0.25, -0.2) is 4.39 Å². The van der Waals surface area contributed by atoms with E-state index in [9.17, 15) is 4.39 Å². The molecule has 1 aliphatic carbocycles. The van der Waals surface area contributed by atoms with Crippen LogP contribution in [0.3, 0.4) is 0 Å². The highest BCUT2D eigenvalue weighted by Crippen LogP contribution is 2.50. The molecular weight excluding hydrogens is 215 g/mol. The molecule has 1 aromatic rings. The number of hydrogen-bond acceptors (Lipinski definition) is 2. The summed E-state index contributed by atoms with van der Waals surface area (Å²) in [5, 5.41) is 3.42. The number of halogens is 1. The molecule has 0 aromatic heterocycles. The van der Waals surface area contributed by atoms with Crippen LogP contribution in [-0.4, -0.2) is 30.6 Å². The molecule has 0 spiro atoms. The maximum Gasteiger partial charge on any atom is 0.128 e. The maximum atomic E-state index is 14.0. The van der Waals surface area contributed by atoms with Gasteiger partial charge in [0.2, 0.25) is 0 Å². The molecule has 1 saturated carbocycles. The van der Waals surface area contributed by atoms with Gasteiger partial charge in [-0.15, -0.1) is 0 Å². The molecule has 2 nitrogen and oxygen atoms in total. The van der Waals surface area contributed by atoms with Crippen molar-refractivity contribution >= 4 is 0 Å². The Kier molecular flexibility index (Phi) is 2.68. The molecule has 1 aliphatic heterocycles.